The molecule has 0 aliphatic heterocycles. The van der Waals surface area contributed by atoms with Crippen LogP contribution in [0.1, 0.15) is 20.8 Å². The van der Waals surface area contributed by atoms with Crippen LogP contribution in [0.5, 0.6) is 5.75 Å². The summed E-state index contributed by atoms with van der Waals surface area (Å²) >= 11 is 0. The minimum Gasteiger partial charge on any atom is -0.492 e. The molecule has 0 aliphatic carbocycles. The van der Waals surface area contributed by atoms with Gasteiger partial charge in [-0.1, -0.05) is 13.8 Å². The van der Waals surface area contributed by atoms with Crippen molar-refractivity contribution < 1.29 is 26.5 Å². The van der Waals surface area contributed by atoms with Gasteiger partial charge in [0.2, 0.25) is 10.0 Å². The predicted octanol–water partition coefficient (Wildman–Crippen LogP) is 2.82. The van der Waals surface area contributed by atoms with Crippen molar-refractivity contribution >= 4 is 31.4 Å². The fourth-order valence-electron chi connectivity index (χ4n) is 2.71. The summed E-state index contributed by atoms with van der Waals surface area (Å²) in [6, 6.07) is 8.31. The number of ether oxygens (including phenoxy) is 1. The third kappa shape index (κ3) is 5.07. The van der Waals surface area contributed by atoms with Crippen molar-refractivity contribution in [2.75, 3.05) is 24.4 Å². The van der Waals surface area contributed by atoms with E-state index in [1.54, 1.807) is 20.8 Å². The fourth-order valence-corrected chi connectivity index (χ4v) is 5.38. The number of nitrogens with zero attached hydrogens (tertiary/aromatic N) is 2. The Bertz CT molecular complexity index is 1110. The van der Waals surface area contributed by atoms with Gasteiger partial charge in [-0.15, -0.1) is 0 Å². The zero-order valence-electron chi connectivity index (χ0n) is 16.7. The molecule has 2 rings (SSSR count). The molecule has 0 aliphatic rings. The lowest BCUT2D eigenvalue weighted by atomic mass is 10.3. The number of hydrogen-bond acceptors (Lipinski definition) is 7. The van der Waals surface area contributed by atoms with Gasteiger partial charge in [0.05, 0.1) is 22.1 Å². The summed E-state index contributed by atoms with van der Waals surface area (Å²) in [5.41, 5.74) is -0.231. The van der Waals surface area contributed by atoms with Gasteiger partial charge in [-0.05, 0) is 37.3 Å². The molecular weight excluding hydrogens is 434 g/mol. The van der Waals surface area contributed by atoms with Gasteiger partial charge in [0.15, 0.2) is 0 Å². The van der Waals surface area contributed by atoms with Crippen LogP contribution in [0.15, 0.2) is 52.3 Å². The van der Waals surface area contributed by atoms with Crippen LogP contribution in [-0.2, 0) is 20.0 Å². The van der Waals surface area contributed by atoms with Crippen LogP contribution in [0.2, 0.25) is 0 Å². The van der Waals surface area contributed by atoms with E-state index in [2.05, 4.69) is 4.72 Å². The lowest BCUT2D eigenvalue weighted by Crippen LogP contribution is -2.31. The van der Waals surface area contributed by atoms with Gasteiger partial charge in [0, 0.05) is 25.2 Å². The molecule has 0 radical (unpaired) electrons. The number of nitro groups is 1. The van der Waals surface area contributed by atoms with Crippen LogP contribution in [0.25, 0.3) is 0 Å². The van der Waals surface area contributed by atoms with Gasteiger partial charge in [-0.25, -0.2) is 16.8 Å². The highest BCUT2D eigenvalue weighted by molar-refractivity contribution is 7.92. The van der Waals surface area contributed by atoms with Crippen LogP contribution in [-0.4, -0.2) is 45.8 Å². The third-order valence-corrected chi connectivity index (χ3v) is 7.65. The van der Waals surface area contributed by atoms with Gasteiger partial charge in [-0.3, -0.25) is 14.8 Å². The Hall–Kier alpha value is -2.70. The van der Waals surface area contributed by atoms with Crippen molar-refractivity contribution in [3.05, 3.63) is 52.6 Å². The van der Waals surface area contributed by atoms with Gasteiger partial charge in [0.1, 0.15) is 10.6 Å². The van der Waals surface area contributed by atoms with Crippen LogP contribution >= 0.6 is 0 Å². The molecule has 164 valence electrons. The highest BCUT2D eigenvalue weighted by Crippen LogP contribution is 2.31. The van der Waals surface area contributed by atoms with Crippen molar-refractivity contribution in [3.8, 4) is 5.75 Å². The number of non-ortho nitro benzene ring substituents is 1. The molecule has 0 bridgehead atoms. The monoisotopic (exact) mass is 457 g/mol. The Morgan fingerprint density at radius 1 is 1.00 bits per heavy atom. The van der Waals surface area contributed by atoms with Gasteiger partial charge in [0.25, 0.3) is 15.7 Å². The second kappa shape index (κ2) is 9.41. The Kier molecular flexibility index (Phi) is 7.39. The van der Waals surface area contributed by atoms with Crippen molar-refractivity contribution in [1.82, 2.24) is 4.31 Å². The summed E-state index contributed by atoms with van der Waals surface area (Å²) in [4.78, 5) is 9.75. The summed E-state index contributed by atoms with van der Waals surface area (Å²) in [6.07, 6.45) is 0. The molecule has 12 heteroatoms. The van der Waals surface area contributed by atoms with E-state index < -0.39 is 25.0 Å². The normalized spacial score (nSPS) is 12.0. The molecular formula is C18H23N3O7S2. The van der Waals surface area contributed by atoms with E-state index in [9.17, 15) is 26.9 Å². The predicted molar refractivity (Wildman–Crippen MR) is 112 cm³/mol. The van der Waals surface area contributed by atoms with E-state index in [4.69, 9.17) is 4.74 Å². The third-order valence-electron chi connectivity index (χ3n) is 4.18. The minimum atomic E-state index is -4.10. The quantitative estimate of drug-likeness (QED) is 0.428. The van der Waals surface area contributed by atoms with Crippen LogP contribution in [0.3, 0.4) is 0 Å². The molecule has 10 nitrogen and oxygen atoms in total. The molecule has 0 unspecified atom stereocenters. The smallest absolute Gasteiger partial charge is 0.269 e. The first-order chi connectivity index (χ1) is 14.1. The highest BCUT2D eigenvalue weighted by atomic mass is 32.2. The largest absolute Gasteiger partial charge is 0.492 e. The van der Waals surface area contributed by atoms with Crippen LogP contribution < -0.4 is 9.46 Å². The molecule has 0 aromatic heterocycles. The van der Waals surface area contributed by atoms with E-state index in [0.717, 1.165) is 24.3 Å². The number of nitro benzene ring substituents is 1. The average molecular weight is 458 g/mol. The Morgan fingerprint density at radius 3 is 2.10 bits per heavy atom. The SMILES string of the molecule is CCOc1ccc(NS(=O)(=O)c2ccc([N+](=O)[O-])cc2)cc1S(=O)(=O)N(CC)CC. The van der Waals surface area contributed by atoms with E-state index in [0.29, 0.717) is 0 Å². The number of sulfonamides is 2. The number of nitrogens with one attached hydrogen (secondary N) is 1. The summed E-state index contributed by atoms with van der Waals surface area (Å²) < 4.78 is 60.2. The Morgan fingerprint density at radius 2 is 1.60 bits per heavy atom. The lowest BCUT2D eigenvalue weighted by Gasteiger charge is -2.21. The fraction of sp³-hybridized carbons (Fsp3) is 0.333. The van der Waals surface area contributed by atoms with Gasteiger partial charge >= 0.3 is 0 Å². The topological polar surface area (TPSA) is 136 Å². The van der Waals surface area contributed by atoms with Crippen LogP contribution in [0.4, 0.5) is 11.4 Å². The minimum absolute atomic E-state index is 0.0162. The maximum atomic E-state index is 13.0. The maximum Gasteiger partial charge on any atom is 0.269 e. The molecule has 0 fully saturated rings. The first-order valence-corrected chi connectivity index (χ1v) is 12.0. The molecule has 2 aromatic carbocycles. The van der Waals surface area contributed by atoms with Gasteiger partial charge < -0.3 is 4.74 Å². The van der Waals surface area contributed by atoms with E-state index >= 15 is 0 Å². The standard InChI is InChI=1S/C18H23N3O7S2/c1-4-20(5-2)30(26,27)18-13-14(7-12-17(18)28-6-3)19-29(24,25)16-10-8-15(9-11-16)21(22)23/h7-13,19H,4-6H2,1-3H3. The second-order valence-corrected chi connectivity index (χ2v) is 9.63. The van der Waals surface area contributed by atoms with Crippen LogP contribution in [0, 0.1) is 10.1 Å². The lowest BCUT2D eigenvalue weighted by molar-refractivity contribution is -0.384. The molecule has 1 N–H and O–H groups in total. The molecule has 0 saturated heterocycles. The number of hydrogen-bond donors (Lipinski definition) is 1. The summed E-state index contributed by atoms with van der Waals surface area (Å²) in [5, 5.41) is 10.7. The average Bonchev–Trinajstić information content (AvgIpc) is 2.69. The molecule has 0 heterocycles. The summed E-state index contributed by atoms with van der Waals surface area (Å²) in [7, 11) is -8.01. The summed E-state index contributed by atoms with van der Waals surface area (Å²) in [6.45, 7) is 5.81. The van der Waals surface area contributed by atoms with E-state index in [1.165, 1.54) is 22.5 Å². The zero-order chi connectivity index (χ0) is 22.5. The van der Waals surface area contributed by atoms with Crippen molar-refractivity contribution in [2.45, 2.75) is 30.6 Å². The van der Waals surface area contributed by atoms with E-state index in [-0.39, 0.29) is 46.6 Å². The molecule has 0 atom stereocenters. The Labute approximate surface area is 175 Å². The highest BCUT2D eigenvalue weighted by Gasteiger charge is 2.27. The summed E-state index contributed by atoms with van der Waals surface area (Å²) in [5.74, 6) is 0.114. The zero-order valence-corrected chi connectivity index (χ0v) is 18.4. The molecule has 30 heavy (non-hydrogen) atoms. The number of rotatable bonds is 10. The second-order valence-electron chi connectivity index (χ2n) is 6.04. The molecule has 0 saturated carbocycles. The molecule has 0 amide bonds. The van der Waals surface area contributed by atoms with E-state index in [1.807, 2.05) is 0 Å². The first kappa shape index (κ1) is 23.6. The number of anilines is 1. The molecule has 0 spiro atoms. The first-order valence-electron chi connectivity index (χ1n) is 9.11. The number of benzene rings is 2. The van der Waals surface area contributed by atoms with Crippen molar-refractivity contribution in [2.24, 2.45) is 0 Å². The van der Waals surface area contributed by atoms with Crippen molar-refractivity contribution in [1.29, 1.82) is 0 Å². The van der Waals surface area contributed by atoms with Crippen molar-refractivity contribution in [3.63, 3.8) is 0 Å². The maximum absolute atomic E-state index is 13.0. The molecule has 2 aromatic rings. The van der Waals surface area contributed by atoms with Gasteiger partial charge in [-0.2, -0.15) is 4.31 Å². The Balaban J connectivity index is 2.46.